The predicted molar refractivity (Wildman–Crippen MR) is 126 cm³/mol. The van der Waals surface area contributed by atoms with Crippen LogP contribution in [-0.2, 0) is 16.8 Å². The smallest absolute Gasteiger partial charge is 0.309 e. The fraction of sp³-hybridized carbons (Fsp3) is 0.269. The van der Waals surface area contributed by atoms with Gasteiger partial charge in [0.2, 0.25) is 0 Å². The van der Waals surface area contributed by atoms with E-state index in [4.69, 9.17) is 10.1 Å². The van der Waals surface area contributed by atoms with E-state index in [1.54, 1.807) is 6.07 Å². The number of nitrogens with zero attached hydrogens (tertiary/aromatic N) is 3. The highest BCUT2D eigenvalue weighted by Gasteiger charge is 2.47. The van der Waals surface area contributed by atoms with Gasteiger partial charge in [-0.1, -0.05) is 29.5 Å². The minimum absolute atomic E-state index is 0.185. The van der Waals surface area contributed by atoms with Gasteiger partial charge in [0.1, 0.15) is 27.0 Å². The minimum atomic E-state index is -0.782. The zero-order valence-corrected chi connectivity index (χ0v) is 19.0. The van der Waals surface area contributed by atoms with E-state index in [2.05, 4.69) is 4.98 Å². The Bertz CT molecular complexity index is 1410. The van der Waals surface area contributed by atoms with Crippen molar-refractivity contribution < 1.29 is 18.7 Å². The molecule has 2 aromatic heterocycles. The van der Waals surface area contributed by atoms with Gasteiger partial charge in [0, 0.05) is 30.6 Å². The van der Waals surface area contributed by atoms with Crippen LogP contribution in [0.15, 0.2) is 54.6 Å². The van der Waals surface area contributed by atoms with E-state index in [1.807, 2.05) is 35.2 Å². The maximum Gasteiger partial charge on any atom is 0.309 e. The number of rotatable bonds is 6. The van der Waals surface area contributed by atoms with Gasteiger partial charge in [-0.15, -0.1) is 0 Å². The maximum atomic E-state index is 15.0. The summed E-state index contributed by atoms with van der Waals surface area (Å²) >= 11 is 1.36. The lowest BCUT2D eigenvalue weighted by molar-refractivity contribution is -0.147. The first kappa shape index (κ1) is 21.3. The van der Waals surface area contributed by atoms with Crippen molar-refractivity contribution in [1.82, 2.24) is 14.9 Å². The highest BCUT2D eigenvalue weighted by Crippen LogP contribution is 2.53. The van der Waals surface area contributed by atoms with Crippen LogP contribution in [0.4, 0.5) is 8.78 Å². The summed E-state index contributed by atoms with van der Waals surface area (Å²) in [6.07, 6.45) is 1.92. The van der Waals surface area contributed by atoms with Crippen LogP contribution in [0.3, 0.4) is 0 Å². The molecule has 6 rings (SSSR count). The second-order valence-corrected chi connectivity index (χ2v) is 10.1. The fourth-order valence-corrected chi connectivity index (χ4v) is 5.69. The molecule has 2 aromatic carbocycles. The van der Waals surface area contributed by atoms with Crippen LogP contribution in [0.25, 0.3) is 20.9 Å². The minimum Gasteiger partial charge on any atom is -0.481 e. The molecule has 1 aliphatic carbocycles. The SMILES string of the molecule is O=C(O)C1CN(Cc2ccc(-c3nc4ccc(C5(c6ccc(F)cc6)CC5)nc4s3)c(F)c2)C1. The van der Waals surface area contributed by atoms with Crippen LogP contribution in [0.2, 0.25) is 0 Å². The fourth-order valence-electron chi connectivity index (χ4n) is 4.73. The number of carboxylic acids is 1. The number of aromatic nitrogens is 2. The van der Waals surface area contributed by atoms with Crippen molar-refractivity contribution in [3.8, 4) is 10.6 Å². The molecule has 172 valence electrons. The molecule has 0 spiro atoms. The second-order valence-electron chi connectivity index (χ2n) is 9.17. The van der Waals surface area contributed by atoms with Gasteiger partial charge >= 0.3 is 5.97 Å². The monoisotopic (exact) mass is 477 g/mol. The van der Waals surface area contributed by atoms with Gasteiger partial charge in [0.15, 0.2) is 0 Å². The Labute approximate surface area is 198 Å². The van der Waals surface area contributed by atoms with Crippen molar-refractivity contribution in [3.63, 3.8) is 0 Å². The number of halogens is 2. The Hall–Kier alpha value is -3.23. The van der Waals surface area contributed by atoms with Crippen molar-refractivity contribution in [1.29, 1.82) is 0 Å². The van der Waals surface area contributed by atoms with Gasteiger partial charge < -0.3 is 5.11 Å². The molecule has 34 heavy (non-hydrogen) atoms. The lowest BCUT2D eigenvalue weighted by Gasteiger charge is -2.36. The van der Waals surface area contributed by atoms with Crippen LogP contribution in [0.5, 0.6) is 0 Å². The molecule has 0 atom stereocenters. The van der Waals surface area contributed by atoms with Gasteiger partial charge in [-0.25, -0.2) is 18.7 Å². The average molecular weight is 478 g/mol. The topological polar surface area (TPSA) is 66.3 Å². The lowest BCUT2D eigenvalue weighted by atomic mass is 9.92. The summed E-state index contributed by atoms with van der Waals surface area (Å²) in [5, 5.41) is 9.58. The summed E-state index contributed by atoms with van der Waals surface area (Å²) in [5.41, 5.74) is 3.77. The molecular formula is C26H21F2N3O2S. The van der Waals surface area contributed by atoms with E-state index in [-0.39, 0.29) is 23.0 Å². The molecule has 1 saturated heterocycles. The zero-order valence-electron chi connectivity index (χ0n) is 18.2. The van der Waals surface area contributed by atoms with E-state index in [1.165, 1.54) is 29.5 Å². The molecule has 0 unspecified atom stereocenters. The Morgan fingerprint density at radius 3 is 2.50 bits per heavy atom. The number of hydrogen-bond acceptors (Lipinski definition) is 5. The van der Waals surface area contributed by atoms with Crippen molar-refractivity contribution in [2.24, 2.45) is 5.92 Å². The van der Waals surface area contributed by atoms with Gasteiger partial charge in [0.05, 0.1) is 11.6 Å². The van der Waals surface area contributed by atoms with E-state index in [0.29, 0.717) is 30.2 Å². The number of likely N-dealkylation sites (tertiary alicyclic amines) is 1. The van der Waals surface area contributed by atoms with Crippen LogP contribution >= 0.6 is 11.3 Å². The molecule has 1 N–H and O–H groups in total. The number of fused-ring (bicyclic) bond motifs is 1. The predicted octanol–water partition coefficient (Wildman–Crippen LogP) is 5.23. The van der Waals surface area contributed by atoms with E-state index in [9.17, 15) is 13.6 Å². The van der Waals surface area contributed by atoms with E-state index >= 15 is 0 Å². The van der Waals surface area contributed by atoms with Crippen molar-refractivity contribution in [3.05, 3.63) is 83.1 Å². The summed E-state index contributed by atoms with van der Waals surface area (Å²) in [6.45, 7) is 1.51. The molecule has 0 amide bonds. The average Bonchev–Trinajstić information content (AvgIpc) is 3.49. The number of carbonyl (C=O) groups is 1. The normalized spacial score (nSPS) is 17.6. The third kappa shape index (κ3) is 3.67. The van der Waals surface area contributed by atoms with Crippen LogP contribution in [-0.4, -0.2) is 39.0 Å². The molecule has 5 nitrogen and oxygen atoms in total. The highest BCUT2D eigenvalue weighted by atomic mass is 32.1. The first-order valence-corrected chi connectivity index (χ1v) is 12.0. The molecule has 1 aliphatic heterocycles. The van der Waals surface area contributed by atoms with Crippen LogP contribution in [0, 0.1) is 17.6 Å². The molecule has 1 saturated carbocycles. The van der Waals surface area contributed by atoms with Crippen molar-refractivity contribution in [2.45, 2.75) is 24.8 Å². The molecule has 3 heterocycles. The number of thiazole rings is 1. The van der Waals surface area contributed by atoms with E-state index < -0.39 is 5.97 Å². The number of carboxylic acid groups (broad SMARTS) is 1. The highest BCUT2D eigenvalue weighted by molar-refractivity contribution is 7.21. The standard InChI is InChI=1S/C26H21F2N3O2S/c27-18-4-2-17(3-5-18)26(9-10-26)22-8-7-21-24(30-22)34-23(29-21)19-6-1-15(11-20(19)28)12-31-13-16(14-31)25(32)33/h1-8,11,16H,9-10,12-14H2,(H,32,33). The number of pyridine rings is 1. The molecule has 0 bridgehead atoms. The van der Waals surface area contributed by atoms with Gasteiger partial charge in [-0.3, -0.25) is 9.69 Å². The van der Waals surface area contributed by atoms with Crippen molar-refractivity contribution in [2.75, 3.05) is 13.1 Å². The third-order valence-electron chi connectivity index (χ3n) is 6.87. The number of hydrogen-bond donors (Lipinski definition) is 1. The Balaban J connectivity index is 1.24. The molecule has 2 fully saturated rings. The second kappa shape index (κ2) is 7.92. The third-order valence-corrected chi connectivity index (χ3v) is 7.87. The number of aliphatic carboxylic acids is 1. The molecular weight excluding hydrogens is 456 g/mol. The summed E-state index contributed by atoms with van der Waals surface area (Å²) in [4.78, 5) is 23.2. The first-order valence-electron chi connectivity index (χ1n) is 11.2. The molecule has 2 aliphatic rings. The zero-order chi connectivity index (χ0) is 23.4. The van der Waals surface area contributed by atoms with Crippen molar-refractivity contribution >= 4 is 27.7 Å². The number of benzene rings is 2. The lowest BCUT2D eigenvalue weighted by Crippen LogP contribution is -2.49. The van der Waals surface area contributed by atoms with Gasteiger partial charge in [-0.05, 0) is 60.4 Å². The van der Waals surface area contributed by atoms with E-state index in [0.717, 1.165) is 40.0 Å². The Kier molecular flexibility index (Phi) is 4.97. The Morgan fingerprint density at radius 2 is 1.82 bits per heavy atom. The van der Waals surface area contributed by atoms with Crippen LogP contribution in [0.1, 0.15) is 29.7 Å². The Morgan fingerprint density at radius 1 is 1.06 bits per heavy atom. The summed E-state index contributed by atoms with van der Waals surface area (Å²) in [6, 6.07) is 15.6. The van der Waals surface area contributed by atoms with Crippen LogP contribution < -0.4 is 0 Å². The first-order chi connectivity index (χ1) is 16.4. The molecule has 0 radical (unpaired) electrons. The summed E-state index contributed by atoms with van der Waals surface area (Å²) in [5.74, 6) is -1.72. The molecule has 4 aromatic rings. The van der Waals surface area contributed by atoms with Gasteiger partial charge in [0.25, 0.3) is 0 Å². The summed E-state index contributed by atoms with van der Waals surface area (Å²) < 4.78 is 28.4. The largest absolute Gasteiger partial charge is 0.481 e. The quantitative estimate of drug-likeness (QED) is 0.412. The maximum absolute atomic E-state index is 15.0. The molecule has 8 heteroatoms. The summed E-state index contributed by atoms with van der Waals surface area (Å²) in [7, 11) is 0. The van der Waals surface area contributed by atoms with Gasteiger partial charge in [-0.2, -0.15) is 0 Å².